The van der Waals surface area contributed by atoms with Crippen LogP contribution in [0.3, 0.4) is 0 Å². The normalized spacial score (nSPS) is 20.0. The molecule has 7 heteroatoms. The summed E-state index contributed by atoms with van der Waals surface area (Å²) in [6, 6.07) is 10.8. The number of aromatic nitrogens is 1. The molecule has 2 saturated heterocycles. The molecule has 0 spiro atoms. The Morgan fingerprint density at radius 2 is 1.68 bits per heavy atom. The maximum absolute atomic E-state index is 13.2. The van der Waals surface area contributed by atoms with E-state index in [2.05, 4.69) is 63.6 Å². The lowest BCUT2D eigenvalue weighted by atomic mass is 10.0. The van der Waals surface area contributed by atoms with Gasteiger partial charge in [0.2, 0.25) is 5.91 Å². The molecule has 0 N–H and O–H groups in total. The molecule has 0 aliphatic carbocycles. The Hall–Kier alpha value is -2.09. The van der Waals surface area contributed by atoms with Crippen LogP contribution in [0.1, 0.15) is 47.9 Å². The molecule has 0 radical (unpaired) electrons. The first-order valence-corrected chi connectivity index (χ1v) is 13.7. The number of likely N-dealkylation sites (tertiary alicyclic amines) is 1. The summed E-state index contributed by atoms with van der Waals surface area (Å²) in [6.45, 7) is 11.4. The summed E-state index contributed by atoms with van der Waals surface area (Å²) in [6.07, 6.45) is 5.54. The van der Waals surface area contributed by atoms with Crippen LogP contribution in [0.15, 0.2) is 35.2 Å². The van der Waals surface area contributed by atoms with Gasteiger partial charge < -0.3 is 9.47 Å². The summed E-state index contributed by atoms with van der Waals surface area (Å²) < 4.78 is 2.18. The number of rotatable bonds is 7. The van der Waals surface area contributed by atoms with Crippen molar-refractivity contribution >= 4 is 23.5 Å². The molecule has 1 amide bonds. The number of Topliss-reactive ketones (excluding diaryl/α,β-unsaturated/α-hetero) is 1. The Morgan fingerprint density at radius 3 is 2.35 bits per heavy atom. The van der Waals surface area contributed by atoms with Crippen LogP contribution in [0.2, 0.25) is 0 Å². The second-order valence-corrected chi connectivity index (χ2v) is 10.6. The first kappa shape index (κ1) is 25.0. The van der Waals surface area contributed by atoms with Crippen LogP contribution in [0.25, 0.3) is 5.69 Å². The number of benzene rings is 1. The van der Waals surface area contributed by atoms with Crippen LogP contribution >= 0.6 is 11.8 Å². The SMILES string of the molecule is CSc1cccc(-n2c(C)cc(C(=O)CN3CCN(CC(=O)N4CCCCC4C)CC3)c2C)c1. The number of aryl methyl sites for hydroxylation is 1. The van der Waals surface area contributed by atoms with Crippen LogP contribution < -0.4 is 0 Å². The van der Waals surface area contributed by atoms with Gasteiger partial charge in [-0.3, -0.25) is 19.4 Å². The molecule has 4 rings (SSSR count). The van der Waals surface area contributed by atoms with E-state index in [1.165, 1.54) is 11.3 Å². The molecule has 1 aromatic heterocycles. The van der Waals surface area contributed by atoms with Crippen LogP contribution in [-0.2, 0) is 4.79 Å². The highest BCUT2D eigenvalue weighted by atomic mass is 32.2. The fourth-order valence-corrected chi connectivity index (χ4v) is 5.79. The largest absolute Gasteiger partial charge is 0.339 e. The molecule has 184 valence electrons. The molecular formula is C27H38N4O2S. The number of carbonyl (C=O) groups is 2. The van der Waals surface area contributed by atoms with E-state index in [-0.39, 0.29) is 11.7 Å². The van der Waals surface area contributed by atoms with Crippen molar-refractivity contribution in [3.05, 3.63) is 47.3 Å². The molecule has 6 nitrogen and oxygen atoms in total. The van der Waals surface area contributed by atoms with Gasteiger partial charge in [0, 0.05) is 66.3 Å². The third-order valence-electron chi connectivity index (χ3n) is 7.36. The molecule has 1 aromatic carbocycles. The fourth-order valence-electron chi connectivity index (χ4n) is 5.34. The van der Waals surface area contributed by atoms with Crippen molar-refractivity contribution in [1.82, 2.24) is 19.3 Å². The van der Waals surface area contributed by atoms with Gasteiger partial charge in [-0.05, 0) is 70.6 Å². The number of thioether (sulfide) groups is 1. The van der Waals surface area contributed by atoms with Gasteiger partial charge in [0.15, 0.2) is 5.78 Å². The van der Waals surface area contributed by atoms with E-state index in [4.69, 9.17) is 0 Å². The average Bonchev–Trinajstić information content (AvgIpc) is 3.14. The zero-order valence-electron chi connectivity index (χ0n) is 21.0. The highest BCUT2D eigenvalue weighted by Gasteiger charge is 2.27. The number of hydrogen-bond acceptors (Lipinski definition) is 5. The molecular weight excluding hydrogens is 444 g/mol. The summed E-state index contributed by atoms with van der Waals surface area (Å²) in [4.78, 5) is 33.7. The molecule has 1 unspecified atom stereocenters. The summed E-state index contributed by atoms with van der Waals surface area (Å²) in [5, 5.41) is 0. The third-order valence-corrected chi connectivity index (χ3v) is 8.08. The van der Waals surface area contributed by atoms with E-state index in [1.807, 2.05) is 13.0 Å². The molecule has 2 aromatic rings. The van der Waals surface area contributed by atoms with Crippen molar-refractivity contribution in [1.29, 1.82) is 0 Å². The van der Waals surface area contributed by atoms with Gasteiger partial charge in [0.25, 0.3) is 0 Å². The van der Waals surface area contributed by atoms with E-state index in [9.17, 15) is 9.59 Å². The molecule has 2 aliphatic rings. The first-order valence-electron chi connectivity index (χ1n) is 12.5. The maximum atomic E-state index is 13.2. The topological polar surface area (TPSA) is 48.8 Å². The summed E-state index contributed by atoms with van der Waals surface area (Å²) >= 11 is 1.72. The predicted molar refractivity (Wildman–Crippen MR) is 139 cm³/mol. The highest BCUT2D eigenvalue weighted by Crippen LogP contribution is 2.25. The van der Waals surface area contributed by atoms with Gasteiger partial charge in [-0.25, -0.2) is 0 Å². The number of ketones is 1. The third kappa shape index (κ3) is 5.58. The zero-order valence-corrected chi connectivity index (χ0v) is 21.9. The number of amides is 1. The molecule has 1 atom stereocenters. The van der Waals surface area contributed by atoms with Crippen molar-refractivity contribution in [2.75, 3.05) is 52.1 Å². The van der Waals surface area contributed by atoms with Crippen LogP contribution in [0.4, 0.5) is 0 Å². The van der Waals surface area contributed by atoms with Crippen LogP contribution in [0, 0.1) is 13.8 Å². The number of nitrogens with zero attached hydrogens (tertiary/aromatic N) is 4. The van der Waals surface area contributed by atoms with E-state index in [0.717, 1.165) is 68.2 Å². The Labute approximate surface area is 208 Å². The van der Waals surface area contributed by atoms with Gasteiger partial charge >= 0.3 is 0 Å². The molecule has 0 saturated carbocycles. The summed E-state index contributed by atoms with van der Waals surface area (Å²) in [5.41, 5.74) is 3.99. The van der Waals surface area contributed by atoms with Crippen LogP contribution in [-0.4, -0.2) is 89.1 Å². The molecule has 34 heavy (non-hydrogen) atoms. The minimum Gasteiger partial charge on any atom is -0.339 e. The van der Waals surface area contributed by atoms with Crippen LogP contribution in [0.5, 0.6) is 0 Å². The van der Waals surface area contributed by atoms with Gasteiger partial charge in [0.1, 0.15) is 0 Å². The molecule has 0 bridgehead atoms. The van der Waals surface area contributed by atoms with E-state index >= 15 is 0 Å². The number of hydrogen-bond donors (Lipinski definition) is 0. The Kier molecular flexibility index (Phi) is 8.17. The van der Waals surface area contributed by atoms with Gasteiger partial charge in [-0.15, -0.1) is 11.8 Å². The second kappa shape index (κ2) is 11.1. The van der Waals surface area contributed by atoms with Gasteiger partial charge in [0.05, 0.1) is 13.1 Å². The second-order valence-electron chi connectivity index (χ2n) is 9.73. The average molecular weight is 483 g/mol. The quantitative estimate of drug-likeness (QED) is 0.441. The van der Waals surface area contributed by atoms with Gasteiger partial charge in [-0.1, -0.05) is 6.07 Å². The lowest BCUT2D eigenvalue weighted by molar-refractivity contribution is -0.136. The predicted octanol–water partition coefficient (Wildman–Crippen LogP) is 4.02. The van der Waals surface area contributed by atoms with Crippen molar-refractivity contribution in [2.45, 2.75) is 51.0 Å². The zero-order chi connectivity index (χ0) is 24.2. The van der Waals surface area contributed by atoms with Crippen molar-refractivity contribution in [3.8, 4) is 5.69 Å². The number of carbonyl (C=O) groups excluding carboxylic acids is 2. The van der Waals surface area contributed by atoms with Crippen molar-refractivity contribution < 1.29 is 9.59 Å². The first-order chi connectivity index (χ1) is 16.4. The molecule has 2 aliphatic heterocycles. The molecule has 3 heterocycles. The Bertz CT molecular complexity index is 1030. The van der Waals surface area contributed by atoms with E-state index in [1.54, 1.807) is 11.8 Å². The van der Waals surface area contributed by atoms with Crippen molar-refractivity contribution in [3.63, 3.8) is 0 Å². The van der Waals surface area contributed by atoms with Crippen molar-refractivity contribution in [2.24, 2.45) is 0 Å². The lowest BCUT2D eigenvalue weighted by Gasteiger charge is -2.37. The minimum atomic E-state index is 0.173. The standard InChI is InChI=1S/C27H38N4O2S/c1-20-8-5-6-11-30(20)27(33)19-29-14-12-28(13-15-29)18-26(32)25-16-21(2)31(22(25)3)23-9-7-10-24(17-23)34-4/h7,9-10,16-17,20H,5-6,8,11-15,18-19H2,1-4H3. The Balaban J connectivity index is 1.33. The smallest absolute Gasteiger partial charge is 0.236 e. The van der Waals surface area contributed by atoms with E-state index in [0.29, 0.717) is 19.1 Å². The lowest BCUT2D eigenvalue weighted by Crippen LogP contribution is -2.52. The summed E-state index contributed by atoms with van der Waals surface area (Å²) in [7, 11) is 0. The monoisotopic (exact) mass is 482 g/mol. The minimum absolute atomic E-state index is 0.173. The molecule has 2 fully saturated rings. The summed E-state index contributed by atoms with van der Waals surface area (Å²) in [5.74, 6) is 0.432. The van der Waals surface area contributed by atoms with E-state index < -0.39 is 0 Å². The highest BCUT2D eigenvalue weighted by molar-refractivity contribution is 7.98. The fraction of sp³-hybridized carbons (Fsp3) is 0.556. The maximum Gasteiger partial charge on any atom is 0.236 e. The number of piperidine rings is 1. The number of piperazine rings is 1. The Morgan fingerprint density at radius 1 is 0.971 bits per heavy atom. The van der Waals surface area contributed by atoms with Gasteiger partial charge in [-0.2, -0.15) is 0 Å².